The van der Waals surface area contributed by atoms with Gasteiger partial charge in [-0.2, -0.15) is 5.26 Å². The van der Waals surface area contributed by atoms with Crippen LogP contribution in [0.5, 0.6) is 0 Å². The molecule has 3 heterocycles. The molecule has 0 aliphatic carbocycles. The van der Waals surface area contributed by atoms with Gasteiger partial charge in [-0.15, -0.1) is 0 Å². The largest absolute Gasteiger partial charge is 0.355 e. The van der Waals surface area contributed by atoms with Gasteiger partial charge in [-0.25, -0.2) is 9.37 Å². The van der Waals surface area contributed by atoms with Gasteiger partial charge in [0.25, 0.3) is 0 Å². The van der Waals surface area contributed by atoms with Gasteiger partial charge in [0, 0.05) is 30.5 Å². The Balaban J connectivity index is 1.73. The lowest BCUT2D eigenvalue weighted by Gasteiger charge is -2.30. The lowest BCUT2D eigenvalue weighted by molar-refractivity contribution is 0.621. The number of pyridine rings is 2. The van der Waals surface area contributed by atoms with Crippen molar-refractivity contribution < 1.29 is 4.39 Å². The molecule has 0 unspecified atom stereocenters. The van der Waals surface area contributed by atoms with E-state index in [0.29, 0.717) is 11.1 Å². The maximum absolute atomic E-state index is 13.2. The molecule has 0 saturated carbocycles. The molecule has 0 bridgehead atoms. The second-order valence-corrected chi connectivity index (χ2v) is 6.29. The van der Waals surface area contributed by atoms with Crippen LogP contribution in [0.15, 0.2) is 41.7 Å². The number of nitrogens with zero attached hydrogens (tertiary/aromatic N) is 4. The summed E-state index contributed by atoms with van der Waals surface area (Å²) in [7, 11) is 0. The predicted octanol–water partition coefficient (Wildman–Crippen LogP) is 3.76. The Labute approximate surface area is 153 Å². The molecule has 26 heavy (non-hydrogen) atoms. The van der Waals surface area contributed by atoms with E-state index in [2.05, 4.69) is 32.8 Å². The zero-order valence-electron chi connectivity index (χ0n) is 14.9. The fraction of sp³-hybridized carbons (Fsp3) is 0.286. The van der Waals surface area contributed by atoms with Crippen LogP contribution in [-0.2, 0) is 0 Å². The van der Waals surface area contributed by atoms with E-state index in [4.69, 9.17) is 0 Å². The Morgan fingerprint density at radius 1 is 1.23 bits per heavy atom. The van der Waals surface area contributed by atoms with E-state index in [1.54, 1.807) is 6.20 Å². The Kier molecular flexibility index (Phi) is 5.29. The molecule has 0 spiro atoms. The average Bonchev–Trinajstić information content (AvgIpc) is 2.66. The van der Waals surface area contributed by atoms with E-state index < -0.39 is 0 Å². The van der Waals surface area contributed by atoms with Gasteiger partial charge in [0.1, 0.15) is 17.7 Å². The molecule has 0 radical (unpaired) electrons. The zero-order valence-corrected chi connectivity index (χ0v) is 14.9. The first-order valence-corrected chi connectivity index (χ1v) is 8.50. The van der Waals surface area contributed by atoms with Crippen LogP contribution < -0.4 is 4.90 Å². The van der Waals surface area contributed by atoms with Crippen molar-refractivity contribution >= 4 is 5.82 Å². The summed E-state index contributed by atoms with van der Waals surface area (Å²) in [5.41, 5.74) is 4.41. The van der Waals surface area contributed by atoms with Crippen LogP contribution in [0, 0.1) is 35.9 Å². The minimum absolute atomic E-state index is 0.380. The number of halogens is 1. The number of hydrogen-bond acceptors (Lipinski definition) is 4. The average molecular weight is 346 g/mol. The van der Waals surface area contributed by atoms with Crippen molar-refractivity contribution in [3.05, 3.63) is 64.4 Å². The van der Waals surface area contributed by atoms with E-state index in [-0.39, 0.29) is 5.82 Å². The Bertz CT molecular complexity index is 950. The third-order valence-corrected chi connectivity index (χ3v) is 4.43. The van der Waals surface area contributed by atoms with Crippen molar-refractivity contribution in [2.75, 3.05) is 18.0 Å². The number of anilines is 1. The summed E-state index contributed by atoms with van der Waals surface area (Å²) in [4.78, 5) is 10.5. The standard InChI is InChI=1S/C21H19FN4/c1-15(3-5-17-11-20(22)14-24-13-17)18-7-9-26(10-8-18)21-19(12-23)6-4-16(2)25-21/h4,6,11,13-14H,7-10H2,1-2H3. The lowest BCUT2D eigenvalue weighted by atomic mass is 9.98. The molecule has 0 aromatic carbocycles. The number of allylic oxidation sites excluding steroid dienone is 1. The number of nitriles is 1. The van der Waals surface area contributed by atoms with Crippen LogP contribution in [0.2, 0.25) is 0 Å². The second-order valence-electron chi connectivity index (χ2n) is 6.29. The topological polar surface area (TPSA) is 52.8 Å². The van der Waals surface area contributed by atoms with E-state index in [9.17, 15) is 9.65 Å². The molecule has 2 aromatic heterocycles. The first-order valence-electron chi connectivity index (χ1n) is 8.50. The minimum Gasteiger partial charge on any atom is -0.355 e. The van der Waals surface area contributed by atoms with Gasteiger partial charge in [0.05, 0.1) is 11.8 Å². The van der Waals surface area contributed by atoms with E-state index in [1.165, 1.54) is 17.8 Å². The van der Waals surface area contributed by atoms with Gasteiger partial charge in [-0.3, -0.25) is 4.98 Å². The smallest absolute Gasteiger partial charge is 0.146 e. The monoisotopic (exact) mass is 346 g/mol. The van der Waals surface area contributed by atoms with E-state index in [1.807, 2.05) is 26.0 Å². The van der Waals surface area contributed by atoms with Crippen LogP contribution in [-0.4, -0.2) is 23.1 Å². The molecular weight excluding hydrogens is 327 g/mol. The molecule has 5 heteroatoms. The highest BCUT2D eigenvalue weighted by atomic mass is 19.1. The fourth-order valence-electron chi connectivity index (χ4n) is 2.97. The highest BCUT2D eigenvalue weighted by Crippen LogP contribution is 2.26. The first-order chi connectivity index (χ1) is 12.6. The van der Waals surface area contributed by atoms with Gasteiger partial charge >= 0.3 is 0 Å². The lowest BCUT2D eigenvalue weighted by Crippen LogP contribution is -2.32. The van der Waals surface area contributed by atoms with Crippen molar-refractivity contribution in [3.63, 3.8) is 0 Å². The van der Waals surface area contributed by atoms with Crippen LogP contribution in [0.4, 0.5) is 10.2 Å². The van der Waals surface area contributed by atoms with E-state index >= 15 is 0 Å². The number of piperidine rings is 1. The predicted molar refractivity (Wildman–Crippen MR) is 98.9 cm³/mol. The van der Waals surface area contributed by atoms with Crippen LogP contribution in [0.1, 0.15) is 36.6 Å². The molecule has 0 atom stereocenters. The number of rotatable bonds is 1. The van der Waals surface area contributed by atoms with E-state index in [0.717, 1.165) is 43.0 Å². The minimum atomic E-state index is -0.380. The maximum atomic E-state index is 13.2. The van der Waals surface area contributed by atoms with Gasteiger partial charge in [0.15, 0.2) is 0 Å². The third-order valence-electron chi connectivity index (χ3n) is 4.43. The van der Waals surface area contributed by atoms with Gasteiger partial charge in [-0.05, 0) is 50.5 Å². The number of aryl methyl sites for hydroxylation is 1. The normalized spacial score (nSPS) is 13.6. The summed E-state index contributed by atoms with van der Waals surface area (Å²) in [6.07, 6.45) is 4.48. The van der Waals surface area contributed by atoms with Crippen LogP contribution >= 0.6 is 0 Å². The SMILES string of the molecule is CC(C#Cc1cncc(F)c1)=C1CCN(c2nc(C)ccc2C#N)CC1. The van der Waals surface area contributed by atoms with Gasteiger partial charge in [0.2, 0.25) is 0 Å². The summed E-state index contributed by atoms with van der Waals surface area (Å²) in [5, 5.41) is 9.30. The third kappa shape index (κ3) is 4.07. The van der Waals surface area contributed by atoms with Crippen molar-refractivity contribution in [1.29, 1.82) is 5.26 Å². The summed E-state index contributed by atoms with van der Waals surface area (Å²) in [5.74, 6) is 6.48. The number of hydrogen-bond donors (Lipinski definition) is 0. The van der Waals surface area contributed by atoms with Crippen molar-refractivity contribution in [2.24, 2.45) is 0 Å². The summed E-state index contributed by atoms with van der Waals surface area (Å²) in [6.45, 7) is 5.54. The Hall–Kier alpha value is -3.18. The summed E-state index contributed by atoms with van der Waals surface area (Å²) < 4.78 is 13.2. The molecule has 130 valence electrons. The molecule has 2 aromatic rings. The molecule has 1 fully saturated rings. The molecular formula is C21H19FN4. The summed E-state index contributed by atoms with van der Waals surface area (Å²) in [6, 6.07) is 7.29. The highest BCUT2D eigenvalue weighted by molar-refractivity contribution is 5.55. The number of aromatic nitrogens is 2. The molecule has 0 amide bonds. The first kappa shape index (κ1) is 17.6. The quantitative estimate of drug-likeness (QED) is 0.738. The molecule has 1 saturated heterocycles. The zero-order chi connectivity index (χ0) is 18.5. The fourth-order valence-corrected chi connectivity index (χ4v) is 2.97. The van der Waals surface area contributed by atoms with Crippen molar-refractivity contribution in [3.8, 4) is 17.9 Å². The van der Waals surface area contributed by atoms with Crippen molar-refractivity contribution in [1.82, 2.24) is 9.97 Å². The molecule has 0 N–H and O–H groups in total. The van der Waals surface area contributed by atoms with Gasteiger partial charge < -0.3 is 4.90 Å². The maximum Gasteiger partial charge on any atom is 0.146 e. The van der Waals surface area contributed by atoms with Crippen LogP contribution in [0.25, 0.3) is 0 Å². The highest BCUT2D eigenvalue weighted by Gasteiger charge is 2.19. The van der Waals surface area contributed by atoms with Crippen LogP contribution in [0.3, 0.4) is 0 Å². The Morgan fingerprint density at radius 2 is 2.00 bits per heavy atom. The van der Waals surface area contributed by atoms with Crippen molar-refractivity contribution in [2.45, 2.75) is 26.7 Å². The van der Waals surface area contributed by atoms with Gasteiger partial charge in [-0.1, -0.05) is 17.4 Å². The molecule has 1 aliphatic rings. The molecule has 3 rings (SSSR count). The summed E-state index contributed by atoms with van der Waals surface area (Å²) >= 11 is 0. The molecule has 1 aliphatic heterocycles. The Morgan fingerprint density at radius 3 is 2.69 bits per heavy atom. The molecule has 4 nitrogen and oxygen atoms in total. The second kappa shape index (κ2) is 7.80.